The first-order valence-corrected chi connectivity index (χ1v) is 9.05. The van der Waals surface area contributed by atoms with E-state index in [-0.39, 0.29) is 23.0 Å². The Balaban J connectivity index is 1.88. The largest absolute Gasteiger partial charge is 0.298 e. The van der Waals surface area contributed by atoms with Crippen LogP contribution in [0.25, 0.3) is 0 Å². The highest BCUT2D eigenvalue weighted by Gasteiger charge is 2.55. The number of carbonyl (C=O) groups excluding carboxylic acids is 1. The Morgan fingerprint density at radius 1 is 1.36 bits per heavy atom. The zero-order chi connectivity index (χ0) is 17.6. The van der Waals surface area contributed by atoms with Crippen LogP contribution < -0.4 is 0 Å². The van der Waals surface area contributed by atoms with Crippen molar-refractivity contribution in [2.75, 3.05) is 0 Å². The van der Waals surface area contributed by atoms with E-state index >= 15 is 0 Å². The molecule has 1 fully saturated rings. The summed E-state index contributed by atoms with van der Waals surface area (Å²) in [4.78, 5) is 12.7. The molecule has 4 nitrogen and oxygen atoms in total. The number of aryl methyl sites for hydroxylation is 2. The number of fused-ring (bicyclic) bond motifs is 3. The highest BCUT2D eigenvalue weighted by Crippen LogP contribution is 2.53. The zero-order valence-corrected chi connectivity index (χ0v) is 14.8. The normalized spacial score (nSPS) is 31.1. The van der Waals surface area contributed by atoms with Crippen LogP contribution in [0.5, 0.6) is 0 Å². The lowest BCUT2D eigenvalue weighted by Gasteiger charge is -2.50. The van der Waals surface area contributed by atoms with E-state index in [1.54, 1.807) is 0 Å². The molecule has 0 radical (unpaired) electrons. The van der Waals surface area contributed by atoms with E-state index in [1.165, 1.54) is 11.1 Å². The molecule has 1 unspecified atom stereocenters. The molecule has 0 spiro atoms. The van der Waals surface area contributed by atoms with Crippen LogP contribution in [0.4, 0.5) is 0 Å². The molecule has 128 valence electrons. The third-order valence-electron chi connectivity index (χ3n) is 6.29. The predicted molar refractivity (Wildman–Crippen MR) is 94.7 cm³/mol. The number of hydrogen-bond donors (Lipinski definition) is 0. The molecule has 4 heteroatoms. The molecule has 1 heterocycles. The van der Waals surface area contributed by atoms with E-state index in [0.717, 1.165) is 25.0 Å². The second-order valence-corrected chi connectivity index (χ2v) is 7.72. The quantitative estimate of drug-likeness (QED) is 0.848. The van der Waals surface area contributed by atoms with Crippen LogP contribution in [0, 0.1) is 29.1 Å². The number of Topliss-reactive ketones (excluding diaryl/α,β-unsaturated/α-hetero) is 1. The average molecular weight is 333 g/mol. The summed E-state index contributed by atoms with van der Waals surface area (Å²) in [6, 6.07) is 12.7. The Kier molecular flexibility index (Phi) is 3.76. The summed E-state index contributed by atoms with van der Waals surface area (Å²) in [7, 11) is 1.96. The molecule has 0 bridgehead atoms. The van der Waals surface area contributed by atoms with Crippen LogP contribution in [0.15, 0.2) is 36.5 Å². The van der Waals surface area contributed by atoms with Crippen molar-refractivity contribution < 1.29 is 4.79 Å². The smallest absolute Gasteiger partial charge is 0.153 e. The highest BCUT2D eigenvalue weighted by atomic mass is 16.1. The summed E-state index contributed by atoms with van der Waals surface area (Å²) in [6.07, 6.45) is 5.52. The Morgan fingerprint density at radius 2 is 2.12 bits per heavy atom. The molecular weight excluding hydrogens is 310 g/mol. The van der Waals surface area contributed by atoms with Crippen molar-refractivity contribution in [1.82, 2.24) is 9.78 Å². The van der Waals surface area contributed by atoms with Gasteiger partial charge in [0.1, 0.15) is 5.92 Å². The van der Waals surface area contributed by atoms with Gasteiger partial charge >= 0.3 is 0 Å². The zero-order valence-electron chi connectivity index (χ0n) is 14.8. The van der Waals surface area contributed by atoms with Crippen molar-refractivity contribution in [3.05, 3.63) is 53.3 Å². The fourth-order valence-corrected chi connectivity index (χ4v) is 5.22. The third-order valence-corrected chi connectivity index (χ3v) is 6.29. The van der Waals surface area contributed by atoms with Gasteiger partial charge in [0, 0.05) is 24.6 Å². The van der Waals surface area contributed by atoms with Gasteiger partial charge in [0.15, 0.2) is 5.78 Å². The van der Waals surface area contributed by atoms with Crippen LogP contribution in [0.1, 0.15) is 36.6 Å². The van der Waals surface area contributed by atoms with Crippen molar-refractivity contribution in [1.29, 1.82) is 5.26 Å². The Bertz CT molecular complexity index is 848. The van der Waals surface area contributed by atoms with Crippen molar-refractivity contribution in [3.8, 4) is 6.07 Å². The number of nitrogens with zero attached hydrogens (tertiary/aromatic N) is 3. The lowest BCUT2D eigenvalue weighted by atomic mass is 9.51. The Morgan fingerprint density at radius 3 is 2.84 bits per heavy atom. The SMILES string of the molecule is C[C@@H]1C(=O)C(C#N)C[C@]2(Cc3ccccc3)c3nn(C)cc3CC[C@@H]12. The van der Waals surface area contributed by atoms with Crippen LogP contribution in [-0.2, 0) is 30.1 Å². The average Bonchev–Trinajstić information content (AvgIpc) is 3.01. The standard InChI is InChI=1S/C21H23N3O/c1-14-18-9-8-16-13-24(2)23-20(16)21(18,11-17(12-22)19(14)25)10-15-6-4-3-5-7-15/h3-7,13-14,17-18H,8-11H2,1-2H3/t14-,17?,18-,21-/m0/s1. The van der Waals surface area contributed by atoms with Gasteiger partial charge in [0.2, 0.25) is 0 Å². The number of nitriles is 1. The fourth-order valence-electron chi connectivity index (χ4n) is 5.22. The van der Waals surface area contributed by atoms with Gasteiger partial charge in [-0.05, 0) is 42.7 Å². The predicted octanol–water partition coefficient (Wildman–Crippen LogP) is 3.21. The lowest BCUT2D eigenvalue weighted by Crippen LogP contribution is -2.53. The maximum absolute atomic E-state index is 12.7. The van der Waals surface area contributed by atoms with E-state index in [2.05, 4.69) is 36.5 Å². The van der Waals surface area contributed by atoms with Gasteiger partial charge in [0.25, 0.3) is 0 Å². The molecule has 0 N–H and O–H groups in total. The Hall–Kier alpha value is -2.41. The van der Waals surface area contributed by atoms with Gasteiger partial charge in [-0.1, -0.05) is 37.3 Å². The maximum Gasteiger partial charge on any atom is 0.153 e. The van der Waals surface area contributed by atoms with Gasteiger partial charge in [-0.25, -0.2) is 0 Å². The number of carbonyl (C=O) groups is 1. The molecular formula is C21H23N3O. The molecule has 1 saturated carbocycles. The van der Waals surface area contributed by atoms with Gasteiger partial charge in [0.05, 0.1) is 11.8 Å². The summed E-state index contributed by atoms with van der Waals surface area (Å²) < 4.78 is 1.89. The minimum Gasteiger partial charge on any atom is -0.298 e. The molecule has 0 aliphatic heterocycles. The molecule has 1 aromatic carbocycles. The van der Waals surface area contributed by atoms with E-state index in [9.17, 15) is 10.1 Å². The van der Waals surface area contributed by atoms with Gasteiger partial charge in [-0.15, -0.1) is 0 Å². The lowest BCUT2D eigenvalue weighted by molar-refractivity contribution is -0.132. The summed E-state index contributed by atoms with van der Waals surface area (Å²) in [6.45, 7) is 2.02. The number of aromatic nitrogens is 2. The third kappa shape index (κ3) is 2.41. The molecule has 2 aliphatic rings. The van der Waals surface area contributed by atoms with Crippen molar-refractivity contribution in [3.63, 3.8) is 0 Å². The first kappa shape index (κ1) is 16.1. The molecule has 25 heavy (non-hydrogen) atoms. The van der Waals surface area contributed by atoms with E-state index in [4.69, 9.17) is 5.10 Å². The molecule has 2 aromatic rings. The van der Waals surface area contributed by atoms with Crippen LogP contribution in [-0.4, -0.2) is 15.6 Å². The topological polar surface area (TPSA) is 58.7 Å². The molecule has 0 saturated heterocycles. The number of hydrogen-bond acceptors (Lipinski definition) is 3. The van der Waals surface area contributed by atoms with Crippen molar-refractivity contribution in [2.45, 2.75) is 38.0 Å². The second-order valence-electron chi connectivity index (χ2n) is 7.72. The van der Waals surface area contributed by atoms with Crippen molar-refractivity contribution >= 4 is 5.78 Å². The van der Waals surface area contributed by atoms with Gasteiger partial charge in [-0.2, -0.15) is 10.4 Å². The van der Waals surface area contributed by atoms with Crippen LogP contribution in [0.2, 0.25) is 0 Å². The minimum absolute atomic E-state index is 0.0859. The summed E-state index contributed by atoms with van der Waals surface area (Å²) >= 11 is 0. The summed E-state index contributed by atoms with van der Waals surface area (Å²) in [5.74, 6) is -0.233. The van der Waals surface area contributed by atoms with E-state index in [1.807, 2.05) is 24.7 Å². The first-order chi connectivity index (χ1) is 12.0. The maximum atomic E-state index is 12.7. The summed E-state index contributed by atoms with van der Waals surface area (Å²) in [5, 5.41) is 14.4. The van der Waals surface area contributed by atoms with Gasteiger partial charge < -0.3 is 0 Å². The van der Waals surface area contributed by atoms with Crippen molar-refractivity contribution in [2.24, 2.45) is 24.8 Å². The molecule has 4 rings (SSSR count). The molecule has 2 aliphatic carbocycles. The van der Waals surface area contributed by atoms with E-state index in [0.29, 0.717) is 6.42 Å². The minimum atomic E-state index is -0.525. The highest BCUT2D eigenvalue weighted by molar-refractivity contribution is 5.87. The first-order valence-electron chi connectivity index (χ1n) is 9.05. The fraction of sp³-hybridized carbons (Fsp3) is 0.476. The van der Waals surface area contributed by atoms with Crippen LogP contribution in [0.3, 0.4) is 0 Å². The van der Waals surface area contributed by atoms with Gasteiger partial charge in [-0.3, -0.25) is 9.48 Å². The molecule has 1 aromatic heterocycles. The summed E-state index contributed by atoms with van der Waals surface area (Å²) in [5.41, 5.74) is 3.44. The number of benzene rings is 1. The Labute approximate surface area is 148 Å². The molecule has 0 amide bonds. The number of ketones is 1. The second kappa shape index (κ2) is 5.84. The van der Waals surface area contributed by atoms with E-state index < -0.39 is 5.92 Å². The molecule has 4 atom stereocenters. The monoisotopic (exact) mass is 333 g/mol. The number of rotatable bonds is 2. The van der Waals surface area contributed by atoms with Crippen LogP contribution >= 0.6 is 0 Å².